The normalized spacial score (nSPS) is 18.1. The Morgan fingerprint density at radius 3 is 2.59 bits per heavy atom. The summed E-state index contributed by atoms with van der Waals surface area (Å²) < 4.78 is 0. The minimum absolute atomic E-state index is 0.319. The Morgan fingerprint density at radius 1 is 1.29 bits per heavy atom. The highest BCUT2D eigenvalue weighted by Gasteiger charge is 2.19. The zero-order chi connectivity index (χ0) is 12.1. The maximum absolute atomic E-state index is 10.0. The van der Waals surface area contributed by atoms with Crippen molar-refractivity contribution in [3.05, 3.63) is 35.9 Å². The largest absolute Gasteiger partial charge is 0.388 e. The number of hydrogen-bond donors (Lipinski definition) is 1. The molecule has 1 aromatic carbocycles. The van der Waals surface area contributed by atoms with E-state index in [1.54, 1.807) is 0 Å². The van der Waals surface area contributed by atoms with Crippen LogP contribution in [0.1, 0.15) is 37.4 Å². The van der Waals surface area contributed by atoms with Gasteiger partial charge in [-0.15, -0.1) is 0 Å². The van der Waals surface area contributed by atoms with E-state index in [0.717, 1.165) is 24.4 Å². The summed E-state index contributed by atoms with van der Waals surface area (Å²) in [6, 6.07) is 9.94. The molecule has 94 valence electrons. The lowest BCUT2D eigenvalue weighted by Crippen LogP contribution is -2.30. The van der Waals surface area contributed by atoms with E-state index in [2.05, 4.69) is 11.9 Å². The van der Waals surface area contributed by atoms with Crippen LogP contribution < -0.4 is 0 Å². The highest BCUT2D eigenvalue weighted by atomic mass is 16.3. The maximum Gasteiger partial charge on any atom is 0.0802 e. The van der Waals surface area contributed by atoms with Crippen LogP contribution in [0.2, 0.25) is 0 Å². The Kier molecular flexibility index (Phi) is 4.57. The number of aliphatic hydroxyl groups excluding tert-OH is 1. The molecule has 1 fully saturated rings. The van der Waals surface area contributed by atoms with Gasteiger partial charge in [0.25, 0.3) is 0 Å². The molecule has 1 N–H and O–H groups in total. The molecular formula is C15H23NO. The first-order valence-corrected chi connectivity index (χ1v) is 6.67. The van der Waals surface area contributed by atoms with Gasteiger partial charge in [-0.05, 0) is 37.8 Å². The van der Waals surface area contributed by atoms with E-state index in [1.165, 1.54) is 25.8 Å². The molecule has 1 aliphatic rings. The molecule has 1 unspecified atom stereocenters. The number of benzene rings is 1. The summed E-state index contributed by atoms with van der Waals surface area (Å²) in [5, 5.41) is 10.0. The average molecular weight is 233 g/mol. The molecule has 2 heteroatoms. The van der Waals surface area contributed by atoms with Crippen molar-refractivity contribution in [1.82, 2.24) is 4.90 Å². The number of hydrogen-bond acceptors (Lipinski definition) is 2. The molecule has 1 aliphatic carbocycles. The molecule has 1 aromatic rings. The van der Waals surface area contributed by atoms with E-state index in [4.69, 9.17) is 0 Å². The molecule has 1 atom stereocenters. The standard InChI is InChI=1S/C15H23NO/c1-16(12-13-6-5-7-13)11-10-15(17)14-8-3-2-4-9-14/h2-4,8-9,13,15,17H,5-7,10-12H2,1H3. The molecule has 0 bridgehead atoms. The molecule has 0 saturated heterocycles. The van der Waals surface area contributed by atoms with Gasteiger partial charge in [-0.2, -0.15) is 0 Å². The van der Waals surface area contributed by atoms with Crippen molar-refractivity contribution < 1.29 is 5.11 Å². The van der Waals surface area contributed by atoms with E-state index >= 15 is 0 Å². The molecular weight excluding hydrogens is 210 g/mol. The summed E-state index contributed by atoms with van der Waals surface area (Å²) in [5.74, 6) is 0.911. The van der Waals surface area contributed by atoms with Crippen molar-refractivity contribution >= 4 is 0 Å². The van der Waals surface area contributed by atoms with Gasteiger partial charge in [-0.1, -0.05) is 36.8 Å². The molecule has 0 heterocycles. The minimum atomic E-state index is -0.319. The fourth-order valence-electron chi connectivity index (χ4n) is 2.39. The van der Waals surface area contributed by atoms with E-state index in [0.29, 0.717) is 0 Å². The Morgan fingerprint density at radius 2 is 2.00 bits per heavy atom. The molecule has 0 aliphatic heterocycles. The first-order valence-electron chi connectivity index (χ1n) is 6.67. The second kappa shape index (κ2) is 6.18. The van der Waals surface area contributed by atoms with Crippen LogP contribution in [0.4, 0.5) is 0 Å². The van der Waals surface area contributed by atoms with E-state index in [-0.39, 0.29) is 6.10 Å². The van der Waals surface area contributed by atoms with Crippen molar-refractivity contribution in [2.24, 2.45) is 5.92 Å². The Hall–Kier alpha value is -0.860. The first-order chi connectivity index (χ1) is 8.25. The lowest BCUT2D eigenvalue weighted by molar-refractivity contribution is 0.135. The SMILES string of the molecule is CN(CCC(O)c1ccccc1)CC1CCC1. The van der Waals surface area contributed by atoms with Gasteiger partial charge in [0.15, 0.2) is 0 Å². The van der Waals surface area contributed by atoms with Crippen LogP contribution in [-0.2, 0) is 0 Å². The van der Waals surface area contributed by atoms with Gasteiger partial charge >= 0.3 is 0 Å². The van der Waals surface area contributed by atoms with Gasteiger partial charge in [-0.3, -0.25) is 0 Å². The molecule has 1 saturated carbocycles. The summed E-state index contributed by atoms with van der Waals surface area (Å²) in [6.07, 6.45) is 4.70. The zero-order valence-electron chi connectivity index (χ0n) is 10.7. The van der Waals surface area contributed by atoms with Gasteiger partial charge in [0.1, 0.15) is 0 Å². The molecule has 0 spiro atoms. The Labute approximate surface area is 104 Å². The van der Waals surface area contributed by atoms with Gasteiger partial charge in [-0.25, -0.2) is 0 Å². The monoisotopic (exact) mass is 233 g/mol. The minimum Gasteiger partial charge on any atom is -0.388 e. The summed E-state index contributed by atoms with van der Waals surface area (Å²) >= 11 is 0. The van der Waals surface area contributed by atoms with Crippen molar-refractivity contribution in [2.75, 3.05) is 20.1 Å². The predicted molar refractivity (Wildman–Crippen MR) is 70.9 cm³/mol. The van der Waals surface area contributed by atoms with E-state index in [1.807, 2.05) is 30.3 Å². The fourth-order valence-corrected chi connectivity index (χ4v) is 2.39. The number of nitrogens with zero attached hydrogens (tertiary/aromatic N) is 1. The van der Waals surface area contributed by atoms with Gasteiger partial charge in [0, 0.05) is 13.1 Å². The fraction of sp³-hybridized carbons (Fsp3) is 0.600. The molecule has 0 radical (unpaired) electrons. The van der Waals surface area contributed by atoms with Crippen LogP contribution in [0.3, 0.4) is 0 Å². The first kappa shape index (κ1) is 12.6. The van der Waals surface area contributed by atoms with Crippen LogP contribution in [-0.4, -0.2) is 30.1 Å². The second-order valence-corrected chi connectivity index (χ2v) is 5.27. The summed E-state index contributed by atoms with van der Waals surface area (Å²) in [4.78, 5) is 2.36. The van der Waals surface area contributed by atoms with Gasteiger partial charge in [0.05, 0.1) is 6.10 Å². The Bertz CT molecular complexity index is 321. The molecule has 2 nitrogen and oxygen atoms in total. The number of rotatable bonds is 6. The molecule has 0 aromatic heterocycles. The van der Waals surface area contributed by atoms with E-state index < -0.39 is 0 Å². The Balaban J connectivity index is 1.70. The highest BCUT2D eigenvalue weighted by Crippen LogP contribution is 2.27. The lowest BCUT2D eigenvalue weighted by atomic mass is 9.85. The third kappa shape index (κ3) is 3.83. The summed E-state index contributed by atoms with van der Waals surface area (Å²) in [5.41, 5.74) is 1.03. The average Bonchev–Trinajstić information content (AvgIpc) is 2.32. The maximum atomic E-state index is 10.0. The molecule has 17 heavy (non-hydrogen) atoms. The zero-order valence-corrected chi connectivity index (χ0v) is 10.7. The highest BCUT2D eigenvalue weighted by molar-refractivity contribution is 5.17. The van der Waals surface area contributed by atoms with Crippen LogP contribution >= 0.6 is 0 Å². The van der Waals surface area contributed by atoms with Gasteiger partial charge in [0.2, 0.25) is 0 Å². The van der Waals surface area contributed by atoms with Crippen LogP contribution in [0.25, 0.3) is 0 Å². The predicted octanol–water partition coefficient (Wildman–Crippen LogP) is 2.84. The third-order valence-electron chi connectivity index (χ3n) is 3.76. The van der Waals surface area contributed by atoms with Crippen molar-refractivity contribution in [3.63, 3.8) is 0 Å². The number of aliphatic hydroxyl groups is 1. The lowest BCUT2D eigenvalue weighted by Gasteiger charge is -2.30. The molecule has 2 rings (SSSR count). The molecule has 0 amide bonds. The van der Waals surface area contributed by atoms with Crippen LogP contribution in [0.5, 0.6) is 0 Å². The second-order valence-electron chi connectivity index (χ2n) is 5.27. The smallest absolute Gasteiger partial charge is 0.0802 e. The topological polar surface area (TPSA) is 23.5 Å². The van der Waals surface area contributed by atoms with Crippen molar-refractivity contribution in [3.8, 4) is 0 Å². The third-order valence-corrected chi connectivity index (χ3v) is 3.76. The van der Waals surface area contributed by atoms with E-state index in [9.17, 15) is 5.11 Å². The summed E-state index contributed by atoms with van der Waals surface area (Å²) in [7, 11) is 2.16. The quantitative estimate of drug-likeness (QED) is 0.816. The van der Waals surface area contributed by atoms with Crippen molar-refractivity contribution in [1.29, 1.82) is 0 Å². The van der Waals surface area contributed by atoms with Crippen LogP contribution in [0, 0.1) is 5.92 Å². The summed E-state index contributed by atoms with van der Waals surface area (Å²) in [6.45, 7) is 2.17. The van der Waals surface area contributed by atoms with Crippen molar-refractivity contribution in [2.45, 2.75) is 31.8 Å². The van der Waals surface area contributed by atoms with Crippen LogP contribution in [0.15, 0.2) is 30.3 Å². The van der Waals surface area contributed by atoms with Gasteiger partial charge < -0.3 is 10.0 Å².